The quantitative estimate of drug-likeness (QED) is 0.00995. The van der Waals surface area contributed by atoms with Crippen LogP contribution in [0.3, 0.4) is 0 Å². The molecule has 0 aliphatic carbocycles. The van der Waals surface area contributed by atoms with Crippen LogP contribution in [0.25, 0.3) is 0 Å². The summed E-state index contributed by atoms with van der Waals surface area (Å²) in [5.41, 5.74) is 8.11. The third-order valence-corrected chi connectivity index (χ3v) is 17.5. The van der Waals surface area contributed by atoms with Gasteiger partial charge in [0.25, 0.3) is 0 Å². The number of H-pyrrole nitrogens is 1. The van der Waals surface area contributed by atoms with Crippen molar-refractivity contribution in [3.8, 4) is 12.1 Å². The Morgan fingerprint density at radius 2 is 0.949 bits per heavy atom. The van der Waals surface area contributed by atoms with Gasteiger partial charge in [-0.15, -0.1) is 12.4 Å². The second-order valence-electron chi connectivity index (χ2n) is 23.4. The van der Waals surface area contributed by atoms with Crippen molar-refractivity contribution in [2.24, 2.45) is 10.7 Å². The molecule has 5 aromatic heterocycles. The normalized spacial score (nSPS) is 11.8. The number of amides is 1. The van der Waals surface area contributed by atoms with E-state index in [1.54, 1.807) is 213 Å². The second-order valence-corrected chi connectivity index (χ2v) is 29.7. The number of thiocarbonyl (C=S) groups is 1. The van der Waals surface area contributed by atoms with E-state index in [0.29, 0.717) is 91.6 Å². The summed E-state index contributed by atoms with van der Waals surface area (Å²) in [5.74, 6) is -0.241. The van der Waals surface area contributed by atoms with Crippen molar-refractivity contribution in [3.05, 3.63) is 299 Å². The van der Waals surface area contributed by atoms with Crippen LogP contribution in [0, 0.1) is 30.1 Å². The second kappa shape index (κ2) is 62.1. The van der Waals surface area contributed by atoms with E-state index in [1.807, 2.05) is 47.5 Å². The molecule has 3 unspecified atom stereocenters. The average Bonchev–Trinajstić information content (AvgIpc) is 1.47. The first kappa shape index (κ1) is 115. The minimum atomic E-state index is -4.67. The molecule has 1 amide bonds. The summed E-state index contributed by atoms with van der Waals surface area (Å²) in [6.45, 7) is 13.6. The van der Waals surface area contributed by atoms with E-state index in [0.717, 1.165) is 30.0 Å². The van der Waals surface area contributed by atoms with Crippen molar-refractivity contribution < 1.29 is 58.7 Å². The van der Waals surface area contributed by atoms with Crippen LogP contribution in [0.4, 0.5) is 5.69 Å². The van der Waals surface area contributed by atoms with Crippen molar-refractivity contribution in [1.82, 2.24) is 53.5 Å². The number of nitrogens with one attached hydrogen (secondary N) is 2. The smallest absolute Gasteiger partial charge is 1.00 e. The van der Waals surface area contributed by atoms with Gasteiger partial charge in [-0.2, -0.15) is 23.9 Å². The van der Waals surface area contributed by atoms with E-state index < -0.39 is 27.1 Å². The first-order chi connectivity index (χ1) is 53.3. The van der Waals surface area contributed by atoms with Gasteiger partial charge in [-0.05, 0) is 154 Å². The summed E-state index contributed by atoms with van der Waals surface area (Å²) in [7, 11) is -4.67. The summed E-state index contributed by atoms with van der Waals surface area (Å²) < 4.78 is 43.8. The number of nitrogens with two attached hydrogens (primary N) is 1. The van der Waals surface area contributed by atoms with Gasteiger partial charge in [-0.3, -0.25) is 23.5 Å². The van der Waals surface area contributed by atoms with Gasteiger partial charge in [0, 0.05) is 164 Å². The average molecular weight is 2020 g/mol. The van der Waals surface area contributed by atoms with Gasteiger partial charge < -0.3 is 68.6 Å². The molecule has 41 heteroatoms. The molecule has 1 saturated heterocycles. The molecule has 12 rings (SSSR count). The molecule has 0 bridgehead atoms. The maximum atomic E-state index is 11.9. The number of aliphatic hydroxyl groups is 1. The van der Waals surface area contributed by atoms with Crippen molar-refractivity contribution in [1.29, 1.82) is 10.5 Å². The number of nitrogens with zero attached hydrogens (tertiary/aromatic N) is 12. The number of halogens is 14. The van der Waals surface area contributed by atoms with E-state index in [1.165, 1.54) is 33.6 Å². The predicted octanol–water partition coefficient (Wildman–Crippen LogP) is 18.2. The van der Waals surface area contributed by atoms with Crippen molar-refractivity contribution in [3.63, 3.8) is 0 Å². The molecule has 117 heavy (non-hydrogen) atoms. The Kier molecular flexibility index (Phi) is 61.1. The standard InChI is InChI=1S/C14H15Cl2N3O.C12H13Cl2N3.C12H12Cl2N2O.C11H8Cl2N2O.C8H5BrCl2O.C7H4ClNS.C4H8O.C3H4N2.2C2H3N.CH3.BrH.ClH.Mg.H2O4S/c1-10(20)18-14(2,8-19-6-5-17-9-19)12-4-3-11(15)7-13(12)16;1-12(15,7-17-5-4-16-8-17)10-3-2-9(13)6-11(10)14;1-12(17,7-16-5-4-15-8-16)10-3-2-9(13)6-11(10)14;12-8-1-2-9(10(13)5-8)11(16)6-15-4-3-14-7-15;9-4-8(12)6-2-1-5(10)3-7(6)11;8-6-1-3-7(4-2-6)9-5-10;1-2-4-5-3-1;1-2-5-3-4-1;2*1-2-3;;;;;1-5(2,3)4/h3-7,9H,8H2,1-2H3,(H,18,20);2-6,8H,7,15H2,1H3;2-6,8,17H,7H2,1H3;1-5,7H,6H2;1-3H,4H2;1-4H;1-4H2;1-3H,(H,4,5);2*1H3;1H3;2*1H;;(H2,1,2,3,4)/q;;;;;;;;;;-1;;;+2;/p-1. The molecule has 626 valence electrons. The first-order valence-electron chi connectivity index (χ1n) is 32.5. The third-order valence-electron chi connectivity index (χ3n) is 13.9. The molecule has 0 spiro atoms. The van der Waals surface area contributed by atoms with Gasteiger partial charge >= 0.3 is 33.5 Å². The maximum Gasteiger partial charge on any atom is 2.00 e. The maximum absolute atomic E-state index is 11.9. The van der Waals surface area contributed by atoms with Gasteiger partial charge in [0.2, 0.25) is 5.91 Å². The van der Waals surface area contributed by atoms with Crippen LogP contribution in [0.5, 0.6) is 0 Å². The molecule has 11 aromatic rings. The Morgan fingerprint density at radius 3 is 1.27 bits per heavy atom. The number of ether oxygens (including phenoxy) is 1. The van der Waals surface area contributed by atoms with Crippen LogP contribution >= 0.6 is 168 Å². The molecule has 6 aromatic carbocycles. The van der Waals surface area contributed by atoms with Gasteiger partial charge in [0.15, 0.2) is 11.6 Å². The molecule has 6 heterocycles. The van der Waals surface area contributed by atoms with E-state index in [2.05, 4.69) is 73.5 Å². The molecular formula is C76H81Br2Cl12MgN15O9S2. The van der Waals surface area contributed by atoms with Crippen LogP contribution in [-0.4, -0.2) is 135 Å². The Bertz CT molecular complexity index is 4760. The van der Waals surface area contributed by atoms with Gasteiger partial charge in [0.05, 0.1) is 101 Å². The van der Waals surface area contributed by atoms with Crippen LogP contribution in [-0.2, 0) is 62.8 Å². The number of rotatable bonds is 16. The fourth-order valence-electron chi connectivity index (χ4n) is 9.24. The number of Topliss-reactive ketones (excluding diaryl/α,β-unsaturated/α-hetero) is 2. The Labute approximate surface area is 782 Å². The first-order valence-corrected chi connectivity index (χ1v) is 39.6. The number of imidazole rings is 5. The topological polar surface area (TPSA) is 353 Å². The molecule has 1 aliphatic rings. The molecule has 0 radical (unpaired) electrons. The molecule has 1 aliphatic heterocycles. The fourth-order valence-corrected chi connectivity index (χ4v) is 12.7. The van der Waals surface area contributed by atoms with E-state index >= 15 is 0 Å². The van der Waals surface area contributed by atoms with E-state index in [4.69, 9.17) is 166 Å². The number of aromatic nitrogens is 10. The fraction of sp³-hybridized carbons (Fsp3) is 0.237. The molecular weight excluding hydrogens is 1940 g/mol. The zero-order valence-electron chi connectivity index (χ0n) is 63.6. The molecule has 7 N–H and O–H groups in total. The zero-order chi connectivity index (χ0) is 84.7. The zero-order valence-corrected chi connectivity index (χ0v) is 78.9. The number of hydrogen-bond donors (Lipinski definition) is 6. The number of hydrogen-bond acceptors (Lipinski definition) is 17. The van der Waals surface area contributed by atoms with Gasteiger partial charge in [-0.25, -0.2) is 24.9 Å². The van der Waals surface area contributed by atoms with Crippen LogP contribution in [0.15, 0.2) is 214 Å². The number of carbonyl (C=O) groups is 3. The monoisotopic (exact) mass is 2010 g/mol. The Hall–Kier alpha value is -6.08. The summed E-state index contributed by atoms with van der Waals surface area (Å²) in [6, 6.07) is 35.9. The third kappa shape index (κ3) is 48.8. The molecule has 0 saturated carbocycles. The van der Waals surface area contributed by atoms with Crippen LogP contribution in [0.1, 0.15) is 91.8 Å². The van der Waals surface area contributed by atoms with Crippen LogP contribution < -0.4 is 28.0 Å². The number of carbonyl (C=O) groups excluding carboxylic acids is 3. The van der Waals surface area contributed by atoms with Crippen molar-refractivity contribution in [2.75, 3.05) is 18.5 Å². The molecule has 24 nitrogen and oxygen atoms in total. The van der Waals surface area contributed by atoms with Crippen molar-refractivity contribution >= 4 is 230 Å². The number of aromatic amines is 1. The van der Waals surface area contributed by atoms with Gasteiger partial charge in [-0.1, -0.05) is 162 Å². The number of ketones is 2. The Morgan fingerprint density at radius 1 is 0.590 bits per heavy atom. The number of alkyl halides is 1. The van der Waals surface area contributed by atoms with E-state index in [-0.39, 0.29) is 89.2 Å². The minimum absolute atomic E-state index is 0. The van der Waals surface area contributed by atoms with Gasteiger partial charge in [0.1, 0.15) is 5.60 Å². The van der Waals surface area contributed by atoms with Crippen LogP contribution in [0.2, 0.25) is 55.2 Å². The number of nitriles is 2. The largest absolute Gasteiger partial charge is 2.00 e. The van der Waals surface area contributed by atoms with Crippen molar-refractivity contribution in [2.45, 2.75) is 97.2 Å². The summed E-state index contributed by atoms with van der Waals surface area (Å²) >= 11 is 72.4. The Balaban J connectivity index is -0.00000127. The number of benzene rings is 6. The summed E-state index contributed by atoms with van der Waals surface area (Å²) in [5, 5.41) is 36.4. The van der Waals surface area contributed by atoms with E-state index in [9.17, 15) is 19.5 Å². The number of aliphatic imine (C=N–C) groups is 1. The minimum Gasteiger partial charge on any atom is -1.00 e. The molecule has 3 atom stereocenters. The number of isothiocyanates is 1. The predicted molar refractivity (Wildman–Crippen MR) is 477 cm³/mol. The molecule has 1 fully saturated rings. The SMILES string of the molecule is C1CCOC1.CC#N.CC#N.CC(=O)NC(C)(Cn1ccnc1)c1ccc(Cl)cc1Cl.CC(N)(Cn1ccnc1)c1ccc(Cl)cc1Cl.CC(O)(Cn1ccnc1)c1ccc(Cl)cc1Cl.Cl.O=C(CBr)c1ccc(Cl)cc1Cl.O=C(Cn1ccnc1)c1ccc(Cl)cc1Cl.O=S(=O)(O)O.S=C=Nc1ccc(Cl)cc1.[Br-].[CH3-].[Mg+2].c1c[nH]cn1. The summed E-state index contributed by atoms with van der Waals surface area (Å²) in [6.07, 6.45) is 28.2. The summed E-state index contributed by atoms with van der Waals surface area (Å²) in [4.78, 5) is 60.5.